The van der Waals surface area contributed by atoms with Crippen molar-refractivity contribution in [3.8, 4) is 5.75 Å². The summed E-state index contributed by atoms with van der Waals surface area (Å²) in [6, 6.07) is 14.3. The Morgan fingerprint density at radius 3 is 2.52 bits per heavy atom. The van der Waals surface area contributed by atoms with Crippen LogP contribution in [0, 0.1) is 5.82 Å². The third kappa shape index (κ3) is 4.46. The minimum atomic E-state index is -0.214. The molecule has 0 amide bonds. The number of nitrogens with two attached hydrogens (primary N) is 1. The second-order valence-corrected chi connectivity index (χ2v) is 4.91. The first kappa shape index (κ1) is 15.3. The third-order valence-corrected chi connectivity index (χ3v) is 3.36. The lowest BCUT2D eigenvalue weighted by atomic mass is 10.2. The van der Waals surface area contributed by atoms with Crippen LogP contribution in [0.5, 0.6) is 5.75 Å². The van der Waals surface area contributed by atoms with Gasteiger partial charge in [0, 0.05) is 31.4 Å². The van der Waals surface area contributed by atoms with Gasteiger partial charge < -0.3 is 15.4 Å². The van der Waals surface area contributed by atoms with E-state index in [4.69, 9.17) is 10.5 Å². The zero-order valence-corrected chi connectivity index (χ0v) is 12.3. The fraction of sp³-hybridized carbons (Fsp3) is 0.294. The number of hydrogen-bond donors (Lipinski definition) is 1. The van der Waals surface area contributed by atoms with E-state index < -0.39 is 0 Å². The van der Waals surface area contributed by atoms with E-state index in [1.54, 1.807) is 12.1 Å². The summed E-state index contributed by atoms with van der Waals surface area (Å²) < 4.78 is 18.6. The molecule has 21 heavy (non-hydrogen) atoms. The minimum absolute atomic E-state index is 0.214. The van der Waals surface area contributed by atoms with Crippen molar-refractivity contribution in [1.29, 1.82) is 0 Å². The summed E-state index contributed by atoms with van der Waals surface area (Å²) in [6.45, 7) is 1.95. The molecule has 0 unspecified atom stereocenters. The number of anilines is 1. The van der Waals surface area contributed by atoms with E-state index in [9.17, 15) is 4.39 Å². The van der Waals surface area contributed by atoms with Crippen LogP contribution in [-0.4, -0.2) is 20.2 Å². The molecule has 0 aromatic heterocycles. The zero-order valence-electron chi connectivity index (χ0n) is 12.3. The van der Waals surface area contributed by atoms with Gasteiger partial charge in [0.15, 0.2) is 0 Å². The van der Waals surface area contributed by atoms with Gasteiger partial charge in [0.1, 0.15) is 11.6 Å². The molecule has 0 aliphatic heterocycles. The molecule has 2 N–H and O–H groups in total. The minimum Gasteiger partial charge on any atom is -0.493 e. The van der Waals surface area contributed by atoms with Gasteiger partial charge in [-0.05, 0) is 36.8 Å². The maximum atomic E-state index is 12.9. The van der Waals surface area contributed by atoms with Gasteiger partial charge in [0.25, 0.3) is 0 Å². The van der Waals surface area contributed by atoms with Crippen LogP contribution in [0.15, 0.2) is 48.5 Å². The Hall–Kier alpha value is -2.07. The molecular formula is C17H21FN2O. The maximum Gasteiger partial charge on any atom is 0.123 e. The molecule has 0 heterocycles. The molecule has 0 atom stereocenters. The van der Waals surface area contributed by atoms with Crippen molar-refractivity contribution in [3.05, 3.63) is 59.9 Å². The molecule has 0 saturated heterocycles. The van der Waals surface area contributed by atoms with Gasteiger partial charge in [0.05, 0.1) is 6.61 Å². The van der Waals surface area contributed by atoms with Crippen molar-refractivity contribution in [2.24, 2.45) is 5.73 Å². The third-order valence-electron chi connectivity index (χ3n) is 3.36. The number of hydrogen-bond acceptors (Lipinski definition) is 3. The second kappa shape index (κ2) is 7.64. The zero-order chi connectivity index (χ0) is 15.1. The first-order chi connectivity index (χ1) is 10.2. The number of rotatable bonds is 7. The molecule has 4 heteroatoms. The summed E-state index contributed by atoms with van der Waals surface area (Å²) in [7, 11) is 1.99. The standard InChI is InChI=1S/C17H21FN2O/c1-20(16-9-7-15(18)8-10-16)11-4-12-21-17-6-3-2-5-14(17)13-19/h2-3,5-10H,4,11-13,19H2,1H3. The first-order valence-electron chi connectivity index (χ1n) is 7.08. The lowest BCUT2D eigenvalue weighted by Gasteiger charge is -2.19. The van der Waals surface area contributed by atoms with Gasteiger partial charge in [-0.1, -0.05) is 18.2 Å². The number of halogens is 1. The van der Waals surface area contributed by atoms with Crippen LogP contribution in [0.1, 0.15) is 12.0 Å². The molecule has 2 aromatic rings. The average molecular weight is 288 g/mol. The van der Waals surface area contributed by atoms with Crippen molar-refractivity contribution >= 4 is 5.69 Å². The highest BCUT2D eigenvalue weighted by molar-refractivity contribution is 5.45. The van der Waals surface area contributed by atoms with E-state index in [0.717, 1.165) is 30.0 Å². The highest BCUT2D eigenvalue weighted by Crippen LogP contribution is 2.17. The van der Waals surface area contributed by atoms with Gasteiger partial charge in [-0.2, -0.15) is 0 Å². The van der Waals surface area contributed by atoms with Crippen LogP contribution in [0.3, 0.4) is 0 Å². The van der Waals surface area contributed by atoms with Crippen molar-refractivity contribution in [2.75, 3.05) is 25.1 Å². The molecule has 3 nitrogen and oxygen atoms in total. The van der Waals surface area contributed by atoms with Crippen LogP contribution in [0.2, 0.25) is 0 Å². The van der Waals surface area contributed by atoms with Crippen LogP contribution >= 0.6 is 0 Å². The lowest BCUT2D eigenvalue weighted by molar-refractivity contribution is 0.309. The van der Waals surface area contributed by atoms with Crippen LogP contribution in [0.4, 0.5) is 10.1 Å². The first-order valence-corrected chi connectivity index (χ1v) is 7.08. The number of nitrogens with zero attached hydrogens (tertiary/aromatic N) is 1. The van der Waals surface area contributed by atoms with Crippen molar-refractivity contribution in [3.63, 3.8) is 0 Å². The Morgan fingerprint density at radius 1 is 1.10 bits per heavy atom. The summed E-state index contributed by atoms with van der Waals surface area (Å²) in [6.07, 6.45) is 0.882. The maximum absolute atomic E-state index is 12.9. The van der Waals surface area contributed by atoms with E-state index in [1.807, 2.05) is 31.3 Å². The van der Waals surface area contributed by atoms with Gasteiger partial charge in [-0.15, -0.1) is 0 Å². The Balaban J connectivity index is 1.78. The predicted molar refractivity (Wildman–Crippen MR) is 84.1 cm³/mol. The largest absolute Gasteiger partial charge is 0.493 e. The number of para-hydroxylation sites is 1. The average Bonchev–Trinajstić information content (AvgIpc) is 2.52. The SMILES string of the molecule is CN(CCCOc1ccccc1CN)c1ccc(F)cc1. The second-order valence-electron chi connectivity index (χ2n) is 4.91. The molecule has 0 saturated carbocycles. The molecule has 0 bridgehead atoms. The molecule has 0 aliphatic rings. The molecular weight excluding hydrogens is 267 g/mol. The van der Waals surface area contributed by atoms with E-state index >= 15 is 0 Å². The van der Waals surface area contributed by atoms with Crippen molar-refractivity contribution < 1.29 is 9.13 Å². The summed E-state index contributed by atoms with van der Waals surface area (Å²) in [5, 5.41) is 0. The van der Waals surface area contributed by atoms with E-state index in [0.29, 0.717) is 13.2 Å². The molecule has 2 rings (SSSR count). The monoisotopic (exact) mass is 288 g/mol. The normalized spacial score (nSPS) is 10.4. The molecule has 0 aliphatic carbocycles. The lowest BCUT2D eigenvalue weighted by Crippen LogP contribution is -2.20. The Morgan fingerprint density at radius 2 is 1.81 bits per heavy atom. The van der Waals surface area contributed by atoms with E-state index in [1.165, 1.54) is 12.1 Å². The number of benzene rings is 2. The van der Waals surface area contributed by atoms with Gasteiger partial charge >= 0.3 is 0 Å². The fourth-order valence-corrected chi connectivity index (χ4v) is 2.12. The topological polar surface area (TPSA) is 38.5 Å². The molecule has 2 aromatic carbocycles. The van der Waals surface area contributed by atoms with Crippen LogP contribution < -0.4 is 15.4 Å². The van der Waals surface area contributed by atoms with Crippen molar-refractivity contribution in [2.45, 2.75) is 13.0 Å². The van der Waals surface area contributed by atoms with Gasteiger partial charge in [-0.25, -0.2) is 4.39 Å². The summed E-state index contributed by atoms with van der Waals surface area (Å²) in [5.74, 6) is 0.637. The van der Waals surface area contributed by atoms with Gasteiger partial charge in [-0.3, -0.25) is 0 Å². The highest BCUT2D eigenvalue weighted by Gasteiger charge is 2.03. The number of ether oxygens (including phenoxy) is 1. The summed E-state index contributed by atoms with van der Waals surface area (Å²) in [5.41, 5.74) is 7.69. The fourth-order valence-electron chi connectivity index (χ4n) is 2.12. The van der Waals surface area contributed by atoms with E-state index in [-0.39, 0.29) is 5.82 Å². The smallest absolute Gasteiger partial charge is 0.123 e. The highest BCUT2D eigenvalue weighted by atomic mass is 19.1. The Kier molecular flexibility index (Phi) is 5.58. The van der Waals surface area contributed by atoms with Crippen LogP contribution in [0.25, 0.3) is 0 Å². The quantitative estimate of drug-likeness (QED) is 0.795. The molecule has 0 spiro atoms. The summed E-state index contributed by atoms with van der Waals surface area (Å²) in [4.78, 5) is 2.08. The predicted octanol–water partition coefficient (Wildman–Crippen LogP) is 3.19. The molecule has 0 radical (unpaired) electrons. The molecule has 0 fully saturated rings. The molecule has 112 valence electrons. The van der Waals surface area contributed by atoms with E-state index in [2.05, 4.69) is 4.90 Å². The summed E-state index contributed by atoms with van der Waals surface area (Å²) >= 11 is 0. The van der Waals surface area contributed by atoms with Crippen LogP contribution in [-0.2, 0) is 6.54 Å². The Labute approximate surface area is 125 Å². The Bertz CT molecular complexity index is 557. The van der Waals surface area contributed by atoms with Crippen molar-refractivity contribution in [1.82, 2.24) is 0 Å². The van der Waals surface area contributed by atoms with Gasteiger partial charge in [0.2, 0.25) is 0 Å².